The molecule has 2 heterocycles. The van der Waals surface area contributed by atoms with E-state index in [-0.39, 0.29) is 5.92 Å². The van der Waals surface area contributed by atoms with E-state index in [0.717, 1.165) is 19.6 Å². The Kier molecular flexibility index (Phi) is 4.52. The van der Waals surface area contributed by atoms with E-state index in [2.05, 4.69) is 9.80 Å². The Morgan fingerprint density at radius 1 is 1.10 bits per heavy atom. The molecule has 1 atom stereocenters. The van der Waals surface area contributed by atoms with Gasteiger partial charge in [-0.15, -0.1) is 0 Å². The average Bonchev–Trinajstić information content (AvgIpc) is 3.09. The van der Waals surface area contributed by atoms with Gasteiger partial charge in [0.25, 0.3) is 0 Å². The molecule has 0 spiro atoms. The minimum absolute atomic E-state index is 0.249. The number of carboxylic acids is 1. The molecule has 0 bridgehead atoms. The van der Waals surface area contributed by atoms with Crippen molar-refractivity contribution in [3.05, 3.63) is 0 Å². The molecule has 120 valence electrons. The first kappa shape index (κ1) is 15.3. The Morgan fingerprint density at radius 2 is 1.76 bits per heavy atom. The molecule has 0 amide bonds. The van der Waals surface area contributed by atoms with Gasteiger partial charge < -0.3 is 10.2 Å². The van der Waals surface area contributed by atoms with Gasteiger partial charge >= 0.3 is 5.97 Å². The quantitative estimate of drug-likeness (QED) is 0.815. The van der Waals surface area contributed by atoms with Crippen LogP contribution in [0.3, 0.4) is 0 Å². The zero-order chi connectivity index (χ0) is 14.9. The molecule has 0 aromatic rings. The SMILES string of the molecule is O=C(O)C1CCC(O)(CN2CCC(N3CCCC3)C2)CC1. The van der Waals surface area contributed by atoms with Crippen LogP contribution in [0.25, 0.3) is 0 Å². The summed E-state index contributed by atoms with van der Waals surface area (Å²) in [5.74, 6) is -0.950. The van der Waals surface area contributed by atoms with Crippen LogP contribution in [-0.4, -0.2) is 70.3 Å². The van der Waals surface area contributed by atoms with Crippen molar-refractivity contribution < 1.29 is 15.0 Å². The van der Waals surface area contributed by atoms with E-state index in [1.165, 1.54) is 32.4 Å². The first-order valence-corrected chi connectivity index (χ1v) is 8.47. The molecule has 3 rings (SSSR count). The Labute approximate surface area is 126 Å². The van der Waals surface area contributed by atoms with Gasteiger partial charge in [-0.1, -0.05) is 0 Å². The molecule has 2 aliphatic heterocycles. The number of rotatable bonds is 4. The fourth-order valence-electron chi connectivity index (χ4n) is 4.34. The van der Waals surface area contributed by atoms with Crippen molar-refractivity contribution in [3.63, 3.8) is 0 Å². The number of hydrogen-bond donors (Lipinski definition) is 2. The maximum Gasteiger partial charge on any atom is 0.306 e. The summed E-state index contributed by atoms with van der Waals surface area (Å²) < 4.78 is 0. The largest absolute Gasteiger partial charge is 0.481 e. The van der Waals surface area contributed by atoms with E-state index >= 15 is 0 Å². The van der Waals surface area contributed by atoms with Gasteiger partial charge in [0.2, 0.25) is 0 Å². The van der Waals surface area contributed by atoms with Crippen molar-refractivity contribution >= 4 is 5.97 Å². The molecule has 3 aliphatic rings. The van der Waals surface area contributed by atoms with E-state index in [0.29, 0.717) is 31.7 Å². The summed E-state index contributed by atoms with van der Waals surface area (Å²) in [7, 11) is 0. The molecule has 5 heteroatoms. The number of nitrogens with zero attached hydrogens (tertiary/aromatic N) is 2. The molecule has 1 saturated carbocycles. The van der Waals surface area contributed by atoms with Gasteiger partial charge in [0, 0.05) is 19.1 Å². The van der Waals surface area contributed by atoms with Gasteiger partial charge in [0.15, 0.2) is 0 Å². The lowest BCUT2D eigenvalue weighted by Gasteiger charge is -2.37. The van der Waals surface area contributed by atoms with Crippen molar-refractivity contribution in [2.45, 2.75) is 56.6 Å². The van der Waals surface area contributed by atoms with Crippen molar-refractivity contribution in [2.75, 3.05) is 32.7 Å². The van der Waals surface area contributed by atoms with Crippen LogP contribution in [0.2, 0.25) is 0 Å². The Morgan fingerprint density at radius 3 is 2.38 bits per heavy atom. The van der Waals surface area contributed by atoms with Crippen LogP contribution < -0.4 is 0 Å². The summed E-state index contributed by atoms with van der Waals surface area (Å²) in [5, 5.41) is 19.8. The van der Waals surface area contributed by atoms with E-state index < -0.39 is 11.6 Å². The van der Waals surface area contributed by atoms with Gasteiger partial charge in [-0.05, 0) is 64.6 Å². The minimum Gasteiger partial charge on any atom is -0.481 e. The number of likely N-dealkylation sites (tertiary alicyclic amines) is 2. The Bertz CT molecular complexity index is 374. The second-order valence-electron chi connectivity index (χ2n) is 7.26. The normalized spacial score (nSPS) is 38.9. The number of carbonyl (C=O) groups is 1. The van der Waals surface area contributed by atoms with Crippen molar-refractivity contribution in [2.24, 2.45) is 5.92 Å². The van der Waals surface area contributed by atoms with Gasteiger partial charge in [0.1, 0.15) is 0 Å². The van der Waals surface area contributed by atoms with E-state index in [9.17, 15) is 9.90 Å². The molecule has 5 nitrogen and oxygen atoms in total. The zero-order valence-electron chi connectivity index (χ0n) is 12.8. The summed E-state index contributed by atoms with van der Waals surface area (Å²) in [6.45, 7) is 5.35. The highest BCUT2D eigenvalue weighted by Gasteiger charge is 2.39. The zero-order valence-corrected chi connectivity index (χ0v) is 12.8. The topological polar surface area (TPSA) is 64.0 Å². The molecule has 2 N–H and O–H groups in total. The lowest BCUT2D eigenvalue weighted by molar-refractivity contribution is -0.145. The van der Waals surface area contributed by atoms with Crippen LogP contribution >= 0.6 is 0 Å². The predicted octanol–water partition coefficient (Wildman–Crippen LogP) is 1.16. The number of aliphatic carboxylic acids is 1. The first-order chi connectivity index (χ1) is 10.1. The third kappa shape index (κ3) is 3.58. The third-order valence-corrected chi connectivity index (χ3v) is 5.69. The van der Waals surface area contributed by atoms with Crippen LogP contribution in [0.1, 0.15) is 44.9 Å². The molecule has 3 fully saturated rings. The monoisotopic (exact) mass is 296 g/mol. The minimum atomic E-state index is -0.702. The molecular weight excluding hydrogens is 268 g/mol. The van der Waals surface area contributed by atoms with Gasteiger partial charge in [-0.25, -0.2) is 0 Å². The van der Waals surface area contributed by atoms with Crippen LogP contribution in [-0.2, 0) is 4.79 Å². The van der Waals surface area contributed by atoms with E-state index in [1.807, 2.05) is 0 Å². The number of hydrogen-bond acceptors (Lipinski definition) is 4. The molecule has 2 saturated heterocycles. The maximum atomic E-state index is 11.0. The first-order valence-electron chi connectivity index (χ1n) is 8.47. The summed E-state index contributed by atoms with van der Waals surface area (Å²) in [5.41, 5.74) is -0.661. The lowest BCUT2D eigenvalue weighted by Crippen LogP contribution is -2.46. The lowest BCUT2D eigenvalue weighted by atomic mass is 9.78. The van der Waals surface area contributed by atoms with Crippen LogP contribution in [0.15, 0.2) is 0 Å². The molecule has 0 radical (unpaired) electrons. The fourth-order valence-corrected chi connectivity index (χ4v) is 4.34. The van der Waals surface area contributed by atoms with Crippen molar-refractivity contribution in [1.82, 2.24) is 9.80 Å². The second kappa shape index (κ2) is 6.23. The molecule has 1 aliphatic carbocycles. The smallest absolute Gasteiger partial charge is 0.306 e. The van der Waals surface area contributed by atoms with Gasteiger partial charge in [-0.2, -0.15) is 0 Å². The molecule has 0 aromatic heterocycles. The molecule has 21 heavy (non-hydrogen) atoms. The molecule has 0 aromatic carbocycles. The van der Waals surface area contributed by atoms with Gasteiger partial charge in [0.05, 0.1) is 11.5 Å². The summed E-state index contributed by atoms with van der Waals surface area (Å²) >= 11 is 0. The maximum absolute atomic E-state index is 11.0. The summed E-state index contributed by atoms with van der Waals surface area (Å²) in [6.07, 6.45) is 6.38. The van der Waals surface area contributed by atoms with Crippen LogP contribution in [0.4, 0.5) is 0 Å². The van der Waals surface area contributed by atoms with Crippen molar-refractivity contribution in [1.29, 1.82) is 0 Å². The van der Waals surface area contributed by atoms with E-state index in [1.54, 1.807) is 0 Å². The van der Waals surface area contributed by atoms with Crippen molar-refractivity contribution in [3.8, 4) is 0 Å². The predicted molar refractivity (Wildman–Crippen MR) is 80.2 cm³/mol. The summed E-state index contributed by atoms with van der Waals surface area (Å²) in [6, 6.07) is 0.673. The standard InChI is InChI=1S/C16H28N2O3/c19-15(20)13-3-6-16(21,7-4-13)12-17-10-5-14(11-17)18-8-1-2-9-18/h13-14,21H,1-12H2,(H,19,20). The Balaban J connectivity index is 1.47. The highest BCUT2D eigenvalue weighted by atomic mass is 16.4. The molecular formula is C16H28N2O3. The number of carboxylic acid groups (broad SMARTS) is 1. The highest BCUT2D eigenvalue weighted by Crippen LogP contribution is 2.34. The second-order valence-corrected chi connectivity index (χ2v) is 7.26. The molecule has 1 unspecified atom stereocenters. The third-order valence-electron chi connectivity index (χ3n) is 5.69. The fraction of sp³-hybridized carbons (Fsp3) is 0.938. The Hall–Kier alpha value is -0.650. The van der Waals surface area contributed by atoms with Crippen LogP contribution in [0.5, 0.6) is 0 Å². The van der Waals surface area contributed by atoms with Gasteiger partial charge in [-0.3, -0.25) is 14.6 Å². The summed E-state index contributed by atoms with van der Waals surface area (Å²) in [4.78, 5) is 16.0. The average molecular weight is 296 g/mol. The number of aliphatic hydroxyl groups is 1. The van der Waals surface area contributed by atoms with Crippen LogP contribution in [0, 0.1) is 5.92 Å². The van der Waals surface area contributed by atoms with E-state index in [4.69, 9.17) is 5.11 Å². The highest BCUT2D eigenvalue weighted by molar-refractivity contribution is 5.70. The number of β-amino-alcohol motifs (C(OH)–C–C–N with tert-alkyl or cyclic N) is 1.